The largest absolute Gasteiger partial charge is 0.349 e. The first kappa shape index (κ1) is 20.8. The molecule has 0 saturated heterocycles. The fraction of sp³-hybridized carbons (Fsp3) is 0.227. The maximum atomic E-state index is 12.5. The molecule has 0 unspecified atom stereocenters. The lowest BCUT2D eigenvalue weighted by Gasteiger charge is -2.08. The topological polar surface area (TPSA) is 105 Å². The molecule has 8 nitrogen and oxygen atoms in total. The number of H-pyrrole nitrogens is 1. The van der Waals surface area contributed by atoms with Gasteiger partial charge in [-0.1, -0.05) is 48.2 Å². The molecule has 0 radical (unpaired) electrons. The monoisotopic (exact) mass is 434 g/mol. The highest BCUT2D eigenvalue weighted by atomic mass is 32.2. The Kier molecular flexibility index (Phi) is 6.42. The summed E-state index contributed by atoms with van der Waals surface area (Å²) < 4.78 is 1.82. The Morgan fingerprint density at radius 2 is 1.94 bits per heavy atom. The average molecular weight is 435 g/mol. The highest BCUT2D eigenvalue weighted by molar-refractivity contribution is 7.98. The van der Waals surface area contributed by atoms with Crippen molar-refractivity contribution in [1.82, 2.24) is 29.9 Å². The fourth-order valence-corrected chi connectivity index (χ4v) is 4.05. The van der Waals surface area contributed by atoms with Gasteiger partial charge in [-0.3, -0.25) is 14.0 Å². The van der Waals surface area contributed by atoms with Gasteiger partial charge in [0.25, 0.3) is 5.56 Å². The van der Waals surface area contributed by atoms with E-state index >= 15 is 0 Å². The molecule has 1 aromatic carbocycles. The first-order valence-corrected chi connectivity index (χ1v) is 10.9. The van der Waals surface area contributed by atoms with E-state index in [-0.39, 0.29) is 24.4 Å². The van der Waals surface area contributed by atoms with Crippen LogP contribution in [0.1, 0.15) is 29.1 Å². The van der Waals surface area contributed by atoms with E-state index in [9.17, 15) is 9.59 Å². The Morgan fingerprint density at radius 3 is 2.74 bits per heavy atom. The Balaban J connectivity index is 1.32. The SMILES string of the molecule is Cc1nc(SCc2ccccc2)[nH]c(=O)c1CCC(=O)NCc1nnc2ccccn12. The van der Waals surface area contributed by atoms with Crippen molar-refractivity contribution in [3.8, 4) is 0 Å². The molecule has 0 fully saturated rings. The normalized spacial score (nSPS) is 11.0. The molecule has 31 heavy (non-hydrogen) atoms. The zero-order valence-corrected chi connectivity index (χ0v) is 17.9. The van der Waals surface area contributed by atoms with Crippen molar-refractivity contribution in [2.45, 2.75) is 37.2 Å². The van der Waals surface area contributed by atoms with Crippen molar-refractivity contribution >= 4 is 23.3 Å². The van der Waals surface area contributed by atoms with E-state index in [0.29, 0.717) is 28.7 Å². The number of fused-ring (bicyclic) bond motifs is 1. The van der Waals surface area contributed by atoms with E-state index in [1.807, 2.05) is 59.1 Å². The maximum Gasteiger partial charge on any atom is 0.254 e. The summed E-state index contributed by atoms with van der Waals surface area (Å²) in [5, 5.41) is 11.6. The molecule has 3 aromatic heterocycles. The number of hydrogen-bond acceptors (Lipinski definition) is 6. The highest BCUT2D eigenvalue weighted by Crippen LogP contribution is 2.19. The minimum absolute atomic E-state index is 0.158. The lowest BCUT2D eigenvalue weighted by atomic mass is 10.1. The lowest BCUT2D eigenvalue weighted by Crippen LogP contribution is -2.26. The Bertz CT molecular complexity index is 1250. The predicted octanol–water partition coefficient (Wildman–Crippen LogP) is 2.66. The maximum absolute atomic E-state index is 12.5. The summed E-state index contributed by atoms with van der Waals surface area (Å²) >= 11 is 1.48. The molecule has 0 atom stereocenters. The molecular weight excluding hydrogens is 412 g/mol. The van der Waals surface area contributed by atoms with Crippen LogP contribution in [-0.4, -0.2) is 30.5 Å². The third-order valence-corrected chi connectivity index (χ3v) is 5.79. The molecule has 0 aliphatic rings. The zero-order valence-electron chi connectivity index (χ0n) is 17.0. The zero-order chi connectivity index (χ0) is 21.6. The van der Waals surface area contributed by atoms with Crippen LogP contribution in [0, 0.1) is 6.92 Å². The first-order chi connectivity index (χ1) is 15.1. The summed E-state index contributed by atoms with van der Waals surface area (Å²) in [6, 6.07) is 15.6. The van der Waals surface area contributed by atoms with E-state index in [4.69, 9.17) is 0 Å². The number of hydrogen-bond donors (Lipinski definition) is 2. The number of nitrogens with zero attached hydrogens (tertiary/aromatic N) is 4. The van der Waals surface area contributed by atoms with E-state index in [0.717, 1.165) is 17.0 Å². The number of aromatic nitrogens is 5. The van der Waals surface area contributed by atoms with Gasteiger partial charge in [-0.2, -0.15) is 0 Å². The van der Waals surface area contributed by atoms with Crippen LogP contribution in [0.3, 0.4) is 0 Å². The van der Waals surface area contributed by atoms with Crippen LogP contribution in [0.2, 0.25) is 0 Å². The predicted molar refractivity (Wildman–Crippen MR) is 119 cm³/mol. The van der Waals surface area contributed by atoms with Crippen molar-refractivity contribution in [3.63, 3.8) is 0 Å². The molecule has 0 saturated carbocycles. The molecule has 0 aliphatic heterocycles. The van der Waals surface area contributed by atoms with Crippen molar-refractivity contribution in [2.75, 3.05) is 0 Å². The van der Waals surface area contributed by atoms with Gasteiger partial charge in [0.05, 0.1) is 6.54 Å². The van der Waals surface area contributed by atoms with Crippen LogP contribution in [-0.2, 0) is 23.5 Å². The number of amides is 1. The molecule has 3 heterocycles. The average Bonchev–Trinajstić information content (AvgIpc) is 3.19. The highest BCUT2D eigenvalue weighted by Gasteiger charge is 2.12. The molecule has 4 rings (SSSR count). The second kappa shape index (κ2) is 9.57. The fourth-order valence-electron chi connectivity index (χ4n) is 3.19. The van der Waals surface area contributed by atoms with E-state index in [2.05, 4.69) is 25.5 Å². The summed E-state index contributed by atoms with van der Waals surface area (Å²) in [5.74, 6) is 1.22. The second-order valence-corrected chi connectivity index (χ2v) is 8.00. The molecule has 0 spiro atoms. The number of benzene rings is 1. The van der Waals surface area contributed by atoms with Gasteiger partial charge in [0, 0.05) is 29.6 Å². The second-order valence-electron chi connectivity index (χ2n) is 7.03. The van der Waals surface area contributed by atoms with Gasteiger partial charge in [0.2, 0.25) is 5.91 Å². The number of nitrogens with one attached hydrogen (secondary N) is 2. The lowest BCUT2D eigenvalue weighted by molar-refractivity contribution is -0.121. The van der Waals surface area contributed by atoms with E-state index in [1.165, 1.54) is 11.8 Å². The number of pyridine rings is 1. The van der Waals surface area contributed by atoms with Gasteiger partial charge < -0.3 is 10.3 Å². The first-order valence-electron chi connectivity index (χ1n) is 9.92. The van der Waals surface area contributed by atoms with E-state index in [1.54, 1.807) is 6.92 Å². The van der Waals surface area contributed by atoms with Gasteiger partial charge in [0.1, 0.15) is 0 Å². The third-order valence-electron chi connectivity index (χ3n) is 4.85. The molecule has 4 aromatic rings. The number of rotatable bonds is 8. The van der Waals surface area contributed by atoms with Gasteiger partial charge in [-0.15, -0.1) is 10.2 Å². The molecule has 158 valence electrons. The third kappa shape index (κ3) is 5.18. The van der Waals surface area contributed by atoms with Crippen LogP contribution < -0.4 is 10.9 Å². The number of thioether (sulfide) groups is 1. The number of carbonyl (C=O) groups excluding carboxylic acids is 1. The van der Waals surface area contributed by atoms with Crippen molar-refractivity contribution in [1.29, 1.82) is 0 Å². The molecule has 0 bridgehead atoms. The van der Waals surface area contributed by atoms with Gasteiger partial charge in [-0.25, -0.2) is 4.98 Å². The summed E-state index contributed by atoms with van der Waals surface area (Å²) in [6.07, 6.45) is 2.37. The van der Waals surface area contributed by atoms with Crippen LogP contribution in [0.15, 0.2) is 64.7 Å². The van der Waals surface area contributed by atoms with Crippen molar-refractivity contribution in [2.24, 2.45) is 0 Å². The Hall–Kier alpha value is -3.46. The summed E-state index contributed by atoms with van der Waals surface area (Å²) in [4.78, 5) is 32.1. The standard InChI is InChI=1S/C22H22N6O2S/c1-15-17(21(30)25-22(24-15)31-14-16-7-3-2-4-8-16)10-11-20(29)23-13-19-27-26-18-9-5-6-12-28(18)19/h2-9,12H,10-11,13-14H2,1H3,(H,23,29)(H,24,25,30). The van der Waals surface area contributed by atoms with Gasteiger partial charge >= 0.3 is 0 Å². The molecule has 9 heteroatoms. The molecule has 0 aliphatic carbocycles. The van der Waals surface area contributed by atoms with Crippen LogP contribution in [0.25, 0.3) is 5.65 Å². The van der Waals surface area contributed by atoms with Crippen LogP contribution in [0.4, 0.5) is 0 Å². The van der Waals surface area contributed by atoms with Crippen LogP contribution >= 0.6 is 11.8 Å². The smallest absolute Gasteiger partial charge is 0.254 e. The Morgan fingerprint density at radius 1 is 1.13 bits per heavy atom. The summed E-state index contributed by atoms with van der Waals surface area (Å²) in [5.41, 5.74) is 2.88. The van der Waals surface area contributed by atoms with Gasteiger partial charge in [-0.05, 0) is 31.0 Å². The quantitative estimate of drug-likeness (QED) is 0.326. The van der Waals surface area contributed by atoms with Crippen molar-refractivity contribution < 1.29 is 4.79 Å². The van der Waals surface area contributed by atoms with Crippen LogP contribution in [0.5, 0.6) is 0 Å². The number of aromatic amines is 1. The minimum Gasteiger partial charge on any atom is -0.349 e. The van der Waals surface area contributed by atoms with E-state index < -0.39 is 0 Å². The molecule has 1 amide bonds. The number of aryl methyl sites for hydroxylation is 1. The molecule has 2 N–H and O–H groups in total. The Labute approximate surface area is 183 Å². The summed E-state index contributed by atoms with van der Waals surface area (Å²) in [6.45, 7) is 2.07. The summed E-state index contributed by atoms with van der Waals surface area (Å²) in [7, 11) is 0. The van der Waals surface area contributed by atoms with Gasteiger partial charge in [0.15, 0.2) is 16.6 Å². The van der Waals surface area contributed by atoms with Crippen molar-refractivity contribution in [3.05, 3.63) is 87.7 Å². The minimum atomic E-state index is -0.195. The molecular formula is C22H22N6O2S. The number of carbonyl (C=O) groups is 1.